The molecule has 0 aliphatic carbocycles. The van der Waals surface area contributed by atoms with Crippen LogP contribution < -0.4 is 0 Å². The lowest BCUT2D eigenvalue weighted by atomic mass is 9.90. The quantitative estimate of drug-likeness (QED) is 0.709. The topological polar surface area (TPSA) is 20.3 Å². The Bertz CT molecular complexity index is 414. The van der Waals surface area contributed by atoms with Gasteiger partial charge in [-0.05, 0) is 30.5 Å². The monoisotopic (exact) mass is 219 g/mol. The number of halogens is 1. The van der Waals surface area contributed by atoms with Gasteiger partial charge >= 0.3 is 0 Å². The highest BCUT2D eigenvalue weighted by atomic mass is 19.1. The second-order valence-corrected chi connectivity index (χ2v) is 4.66. The minimum atomic E-state index is -0.212. The fourth-order valence-electron chi connectivity index (χ4n) is 3.01. The summed E-state index contributed by atoms with van der Waals surface area (Å²) in [5.41, 5.74) is 1.10. The largest absolute Gasteiger partial charge is 0.339 e. The number of nitrogens with zero attached hydrogens (tertiary/aromatic N) is 1. The van der Waals surface area contributed by atoms with Crippen molar-refractivity contribution >= 4 is 5.91 Å². The van der Waals surface area contributed by atoms with E-state index in [9.17, 15) is 9.18 Å². The first-order chi connectivity index (χ1) is 7.75. The van der Waals surface area contributed by atoms with Gasteiger partial charge in [-0.25, -0.2) is 4.39 Å². The highest BCUT2D eigenvalue weighted by Gasteiger charge is 2.42. The van der Waals surface area contributed by atoms with Crippen LogP contribution in [-0.4, -0.2) is 23.4 Å². The number of carbonyl (C=O) groups is 1. The van der Waals surface area contributed by atoms with Crippen LogP contribution in [0.5, 0.6) is 0 Å². The molecule has 1 aromatic rings. The normalized spacial score (nSPS) is 28.6. The van der Waals surface area contributed by atoms with Crippen molar-refractivity contribution in [2.24, 2.45) is 0 Å². The number of rotatable bonds is 1. The molecule has 3 heteroatoms. The lowest BCUT2D eigenvalue weighted by molar-refractivity contribution is -0.127. The van der Waals surface area contributed by atoms with Gasteiger partial charge in [-0.2, -0.15) is 0 Å². The van der Waals surface area contributed by atoms with Gasteiger partial charge in [-0.1, -0.05) is 12.1 Å². The van der Waals surface area contributed by atoms with Crippen LogP contribution >= 0.6 is 0 Å². The van der Waals surface area contributed by atoms with Crippen molar-refractivity contribution in [3.63, 3.8) is 0 Å². The maximum absolute atomic E-state index is 12.8. The van der Waals surface area contributed by atoms with Gasteiger partial charge in [0.05, 0.1) is 0 Å². The van der Waals surface area contributed by atoms with Crippen molar-refractivity contribution in [1.29, 1.82) is 0 Å². The third-order valence-electron chi connectivity index (χ3n) is 3.78. The second kappa shape index (κ2) is 3.58. The fourth-order valence-corrected chi connectivity index (χ4v) is 3.01. The molecular formula is C13H14FNO. The molecular weight excluding hydrogens is 205 g/mol. The van der Waals surface area contributed by atoms with E-state index in [1.807, 2.05) is 17.0 Å². The van der Waals surface area contributed by atoms with E-state index in [2.05, 4.69) is 0 Å². The third-order valence-corrected chi connectivity index (χ3v) is 3.78. The molecule has 1 amide bonds. The number of amides is 1. The van der Waals surface area contributed by atoms with E-state index in [4.69, 9.17) is 0 Å². The van der Waals surface area contributed by atoms with E-state index in [-0.39, 0.29) is 17.6 Å². The first-order valence-electron chi connectivity index (χ1n) is 5.80. The van der Waals surface area contributed by atoms with Crippen LogP contribution in [0.1, 0.15) is 30.7 Å². The zero-order valence-corrected chi connectivity index (χ0v) is 9.03. The van der Waals surface area contributed by atoms with Crippen molar-refractivity contribution < 1.29 is 9.18 Å². The smallest absolute Gasteiger partial charge is 0.223 e. The van der Waals surface area contributed by atoms with Gasteiger partial charge in [-0.3, -0.25) is 4.79 Å². The summed E-state index contributed by atoms with van der Waals surface area (Å²) in [4.78, 5) is 13.8. The molecule has 0 radical (unpaired) electrons. The minimum Gasteiger partial charge on any atom is -0.339 e. The fraction of sp³-hybridized carbons (Fsp3) is 0.462. The summed E-state index contributed by atoms with van der Waals surface area (Å²) in [6, 6.07) is 6.96. The van der Waals surface area contributed by atoms with Crippen molar-refractivity contribution in [1.82, 2.24) is 4.90 Å². The summed E-state index contributed by atoms with van der Waals surface area (Å²) in [6.45, 7) is 0.904. The summed E-state index contributed by atoms with van der Waals surface area (Å²) < 4.78 is 12.8. The van der Waals surface area contributed by atoms with E-state index in [0.717, 1.165) is 24.9 Å². The number of carbonyl (C=O) groups excluding carboxylic acids is 1. The van der Waals surface area contributed by atoms with E-state index >= 15 is 0 Å². The Morgan fingerprint density at radius 1 is 1.25 bits per heavy atom. The molecule has 2 atom stereocenters. The minimum absolute atomic E-state index is 0.212. The van der Waals surface area contributed by atoms with E-state index in [1.54, 1.807) is 0 Å². The molecule has 0 bridgehead atoms. The molecule has 2 saturated heterocycles. The Labute approximate surface area is 94.1 Å². The average Bonchev–Trinajstić information content (AvgIpc) is 2.84. The molecule has 0 N–H and O–H groups in total. The van der Waals surface area contributed by atoms with Gasteiger partial charge < -0.3 is 4.90 Å². The van der Waals surface area contributed by atoms with Crippen LogP contribution in [-0.2, 0) is 4.79 Å². The summed E-state index contributed by atoms with van der Waals surface area (Å²) in [6.07, 6.45) is 2.79. The number of fused-ring (bicyclic) bond motifs is 1. The summed E-state index contributed by atoms with van der Waals surface area (Å²) in [5, 5.41) is 0. The SMILES string of the molecule is O=C1C[C@H](c2ccc(F)cc2)[C@@H]2CCCN12. The Morgan fingerprint density at radius 2 is 2.00 bits per heavy atom. The standard InChI is InChI=1S/C13H14FNO/c14-10-5-3-9(4-6-10)11-8-13(16)15-7-1-2-12(11)15/h3-6,11-12H,1-2,7-8H2/t11-,12+/m1/s1. The zero-order valence-electron chi connectivity index (χ0n) is 9.03. The number of hydrogen-bond donors (Lipinski definition) is 0. The zero-order chi connectivity index (χ0) is 11.1. The van der Waals surface area contributed by atoms with Gasteiger partial charge in [0.25, 0.3) is 0 Å². The average molecular weight is 219 g/mol. The molecule has 2 aliphatic rings. The third kappa shape index (κ3) is 1.42. The first kappa shape index (κ1) is 9.82. The molecule has 0 saturated carbocycles. The van der Waals surface area contributed by atoms with Gasteiger partial charge in [0.15, 0.2) is 0 Å². The molecule has 2 fully saturated rings. The molecule has 0 spiro atoms. The molecule has 2 aliphatic heterocycles. The predicted molar refractivity (Wildman–Crippen MR) is 58.5 cm³/mol. The van der Waals surface area contributed by atoms with Gasteiger partial charge in [-0.15, -0.1) is 0 Å². The first-order valence-corrected chi connectivity index (χ1v) is 5.80. The van der Waals surface area contributed by atoms with E-state index in [1.165, 1.54) is 12.1 Å². The molecule has 16 heavy (non-hydrogen) atoms. The highest BCUT2D eigenvalue weighted by molar-refractivity contribution is 5.81. The predicted octanol–water partition coefficient (Wildman–Crippen LogP) is 2.30. The van der Waals surface area contributed by atoms with Gasteiger partial charge in [0.1, 0.15) is 5.82 Å². The Morgan fingerprint density at radius 3 is 2.75 bits per heavy atom. The Kier molecular flexibility index (Phi) is 2.20. The van der Waals surface area contributed by atoms with Crippen LogP contribution in [0.2, 0.25) is 0 Å². The molecule has 2 heterocycles. The van der Waals surface area contributed by atoms with Gasteiger partial charge in [0.2, 0.25) is 5.91 Å². The lowest BCUT2D eigenvalue weighted by Crippen LogP contribution is -2.28. The summed E-state index contributed by atoms with van der Waals surface area (Å²) in [7, 11) is 0. The maximum atomic E-state index is 12.8. The molecule has 0 aromatic heterocycles. The van der Waals surface area contributed by atoms with Crippen molar-refractivity contribution in [2.45, 2.75) is 31.2 Å². The van der Waals surface area contributed by atoms with Gasteiger partial charge in [0, 0.05) is 24.9 Å². The van der Waals surface area contributed by atoms with Crippen molar-refractivity contribution in [2.75, 3.05) is 6.54 Å². The molecule has 2 nitrogen and oxygen atoms in total. The molecule has 1 aromatic carbocycles. The van der Waals surface area contributed by atoms with Crippen LogP contribution in [0.3, 0.4) is 0 Å². The van der Waals surface area contributed by atoms with Crippen LogP contribution in [0.15, 0.2) is 24.3 Å². The van der Waals surface area contributed by atoms with Crippen LogP contribution in [0.25, 0.3) is 0 Å². The molecule has 0 unspecified atom stereocenters. The summed E-state index contributed by atoms with van der Waals surface area (Å²) in [5.74, 6) is 0.323. The second-order valence-electron chi connectivity index (χ2n) is 4.66. The van der Waals surface area contributed by atoms with Crippen LogP contribution in [0, 0.1) is 5.82 Å². The van der Waals surface area contributed by atoms with E-state index in [0.29, 0.717) is 12.5 Å². The van der Waals surface area contributed by atoms with E-state index < -0.39 is 0 Å². The molecule has 3 rings (SSSR count). The number of benzene rings is 1. The van der Waals surface area contributed by atoms with Crippen molar-refractivity contribution in [3.8, 4) is 0 Å². The maximum Gasteiger partial charge on any atom is 0.223 e. The molecule has 84 valence electrons. The summed E-state index contributed by atoms with van der Waals surface area (Å²) >= 11 is 0. The van der Waals surface area contributed by atoms with Crippen molar-refractivity contribution in [3.05, 3.63) is 35.6 Å². The Balaban J connectivity index is 1.90. The Hall–Kier alpha value is -1.38. The lowest BCUT2D eigenvalue weighted by Gasteiger charge is -2.20. The van der Waals surface area contributed by atoms with Crippen LogP contribution in [0.4, 0.5) is 4.39 Å². The number of hydrogen-bond acceptors (Lipinski definition) is 1. The highest BCUT2D eigenvalue weighted by Crippen LogP contribution is 2.39.